The molecule has 0 fully saturated rings. The Balaban J connectivity index is 1.76. The van der Waals surface area contributed by atoms with Gasteiger partial charge in [-0.3, -0.25) is 9.48 Å². The highest BCUT2D eigenvalue weighted by molar-refractivity contribution is 6.32. The van der Waals surface area contributed by atoms with E-state index in [4.69, 9.17) is 11.6 Å². The fraction of sp³-hybridized carbons (Fsp3) is 0.222. The largest absolute Gasteiger partial charge is 0.394 e. The average Bonchev–Trinajstić information content (AvgIpc) is 3.15. The van der Waals surface area contributed by atoms with Gasteiger partial charge >= 0.3 is 0 Å². The Hall–Kier alpha value is -3.24. The van der Waals surface area contributed by atoms with Crippen LogP contribution in [-0.2, 0) is 11.3 Å². The third-order valence-electron chi connectivity index (χ3n) is 3.99. The van der Waals surface area contributed by atoms with Crippen molar-refractivity contribution in [3.63, 3.8) is 0 Å². The van der Waals surface area contributed by atoms with E-state index in [1.807, 2.05) is 0 Å². The molecule has 1 atom stereocenters. The minimum absolute atomic E-state index is 0.0767. The zero-order chi connectivity index (χ0) is 20.8. The molecule has 9 nitrogen and oxygen atoms in total. The molecule has 11 heteroatoms. The summed E-state index contributed by atoms with van der Waals surface area (Å²) >= 11 is 6.15. The topological polar surface area (TPSA) is 117 Å². The number of nitrogens with zero attached hydrogens (tertiary/aromatic N) is 4. The van der Waals surface area contributed by atoms with Crippen molar-refractivity contribution in [3.8, 4) is 0 Å². The summed E-state index contributed by atoms with van der Waals surface area (Å²) < 4.78 is 15.5. The maximum absolute atomic E-state index is 14.0. The minimum atomic E-state index is -0.744. The summed E-state index contributed by atoms with van der Waals surface area (Å²) in [5.74, 6) is -0.200. The summed E-state index contributed by atoms with van der Waals surface area (Å²) in [7, 11) is 1.54. The Morgan fingerprint density at radius 3 is 2.86 bits per heavy atom. The molecule has 0 saturated heterocycles. The van der Waals surface area contributed by atoms with E-state index in [9.17, 15) is 14.3 Å². The van der Waals surface area contributed by atoms with Crippen LogP contribution in [0.2, 0.25) is 5.02 Å². The van der Waals surface area contributed by atoms with Gasteiger partial charge in [-0.1, -0.05) is 29.8 Å². The Bertz CT molecular complexity index is 998. The first-order valence-electron chi connectivity index (χ1n) is 8.64. The third kappa shape index (κ3) is 5.18. The quantitative estimate of drug-likeness (QED) is 0.441. The van der Waals surface area contributed by atoms with Crippen LogP contribution in [0.3, 0.4) is 0 Å². The van der Waals surface area contributed by atoms with E-state index in [0.717, 1.165) is 0 Å². The van der Waals surface area contributed by atoms with Crippen LogP contribution >= 0.6 is 11.6 Å². The van der Waals surface area contributed by atoms with Crippen LogP contribution in [0.5, 0.6) is 0 Å². The van der Waals surface area contributed by atoms with Crippen molar-refractivity contribution in [1.29, 1.82) is 0 Å². The first kappa shape index (κ1) is 20.5. The zero-order valence-electron chi connectivity index (χ0n) is 15.4. The number of hydrogen-bond acceptors (Lipinski definition) is 7. The van der Waals surface area contributed by atoms with Gasteiger partial charge in [0.15, 0.2) is 5.82 Å². The Labute approximate surface area is 170 Å². The molecular weight excluding hydrogens is 401 g/mol. The summed E-state index contributed by atoms with van der Waals surface area (Å²) in [5, 5.41) is 22.4. The van der Waals surface area contributed by atoms with Crippen molar-refractivity contribution in [2.45, 2.75) is 12.6 Å². The summed E-state index contributed by atoms with van der Waals surface area (Å²) in [6.07, 6.45) is 4.52. The number of nitrogens with one attached hydrogen (secondary N) is 3. The van der Waals surface area contributed by atoms with Gasteiger partial charge in [-0.2, -0.15) is 10.1 Å². The number of anilines is 3. The molecule has 2 heterocycles. The number of likely N-dealkylation sites (N-methyl/N-ethyl adjacent to an activating group) is 1. The number of aromatic nitrogens is 4. The smallest absolute Gasteiger partial charge is 0.241 e. The molecule has 1 aromatic carbocycles. The number of aliphatic hydroxyl groups excluding tert-OH is 1. The van der Waals surface area contributed by atoms with Crippen molar-refractivity contribution in [1.82, 2.24) is 25.1 Å². The molecule has 0 bridgehead atoms. The lowest BCUT2D eigenvalue weighted by molar-refractivity contribution is -0.121. The van der Waals surface area contributed by atoms with Crippen LogP contribution < -0.4 is 16.0 Å². The standard InChI is InChI=1S/C18H19ClFN7O2/c1-21-16(29)9-27-8-11(6-23-27)24-18-22-7-13(19)17(26-18)25-15(10-28)12-4-2-3-5-14(12)20/h2-8,15,28H,9-10H2,1H3,(H,21,29)(H2,22,24,25,26). The van der Waals surface area contributed by atoms with Crippen LogP contribution in [0.25, 0.3) is 0 Å². The molecule has 1 amide bonds. The Morgan fingerprint density at radius 1 is 1.34 bits per heavy atom. The number of hydrogen-bond donors (Lipinski definition) is 4. The molecule has 152 valence electrons. The Morgan fingerprint density at radius 2 is 2.14 bits per heavy atom. The van der Waals surface area contributed by atoms with E-state index in [2.05, 4.69) is 31.0 Å². The fourth-order valence-electron chi connectivity index (χ4n) is 2.54. The molecule has 2 aromatic heterocycles. The molecule has 3 aromatic rings. The second kappa shape index (κ2) is 9.30. The highest BCUT2D eigenvalue weighted by atomic mass is 35.5. The number of aliphatic hydroxyl groups is 1. The normalized spacial score (nSPS) is 11.7. The second-order valence-corrected chi connectivity index (χ2v) is 6.42. The van der Waals surface area contributed by atoms with Gasteiger partial charge in [-0.05, 0) is 6.07 Å². The molecular formula is C18H19ClFN7O2. The van der Waals surface area contributed by atoms with Gasteiger partial charge in [0.25, 0.3) is 0 Å². The maximum atomic E-state index is 14.0. The van der Waals surface area contributed by atoms with Gasteiger partial charge in [0.1, 0.15) is 17.4 Å². The second-order valence-electron chi connectivity index (χ2n) is 6.02. The SMILES string of the molecule is CNC(=O)Cn1cc(Nc2ncc(Cl)c(NC(CO)c3ccccc3F)n2)cn1. The number of halogens is 2. The number of rotatable bonds is 8. The van der Waals surface area contributed by atoms with E-state index < -0.39 is 11.9 Å². The fourth-order valence-corrected chi connectivity index (χ4v) is 2.69. The zero-order valence-corrected chi connectivity index (χ0v) is 16.2. The van der Waals surface area contributed by atoms with Gasteiger partial charge < -0.3 is 21.1 Å². The first-order chi connectivity index (χ1) is 14.0. The third-order valence-corrected chi connectivity index (χ3v) is 4.27. The lowest BCUT2D eigenvalue weighted by atomic mass is 10.1. The molecule has 0 aliphatic heterocycles. The van der Waals surface area contributed by atoms with Crippen LogP contribution in [0, 0.1) is 5.82 Å². The van der Waals surface area contributed by atoms with Gasteiger partial charge in [-0.25, -0.2) is 9.37 Å². The van der Waals surface area contributed by atoms with E-state index in [1.54, 1.807) is 31.4 Å². The number of amides is 1. The highest BCUT2D eigenvalue weighted by Gasteiger charge is 2.17. The lowest BCUT2D eigenvalue weighted by Crippen LogP contribution is -2.23. The molecule has 1 unspecified atom stereocenters. The van der Waals surface area contributed by atoms with E-state index in [-0.39, 0.29) is 41.4 Å². The first-order valence-corrected chi connectivity index (χ1v) is 9.02. The predicted octanol–water partition coefficient (Wildman–Crippen LogP) is 2.10. The van der Waals surface area contributed by atoms with Crippen molar-refractivity contribution in [3.05, 3.63) is 59.3 Å². The molecule has 0 saturated carbocycles. The molecule has 0 spiro atoms. The van der Waals surface area contributed by atoms with Crippen molar-refractivity contribution in [2.24, 2.45) is 0 Å². The van der Waals surface area contributed by atoms with Gasteiger partial charge in [-0.15, -0.1) is 0 Å². The summed E-state index contributed by atoms with van der Waals surface area (Å²) in [6, 6.07) is 5.38. The van der Waals surface area contributed by atoms with E-state index in [1.165, 1.54) is 23.1 Å². The average molecular weight is 420 g/mol. The summed E-state index contributed by atoms with van der Waals surface area (Å²) in [5.41, 5.74) is 0.852. The van der Waals surface area contributed by atoms with Crippen molar-refractivity contribution >= 4 is 35.0 Å². The monoisotopic (exact) mass is 419 g/mol. The number of benzene rings is 1. The molecule has 29 heavy (non-hydrogen) atoms. The van der Waals surface area contributed by atoms with Crippen molar-refractivity contribution in [2.75, 3.05) is 24.3 Å². The van der Waals surface area contributed by atoms with Crippen LogP contribution in [0.1, 0.15) is 11.6 Å². The van der Waals surface area contributed by atoms with Gasteiger partial charge in [0.2, 0.25) is 11.9 Å². The van der Waals surface area contributed by atoms with Crippen molar-refractivity contribution < 1.29 is 14.3 Å². The lowest BCUT2D eigenvalue weighted by Gasteiger charge is -2.19. The molecule has 3 rings (SSSR count). The minimum Gasteiger partial charge on any atom is -0.394 e. The number of carbonyl (C=O) groups excluding carboxylic acids is 1. The van der Waals surface area contributed by atoms with Crippen LogP contribution in [-0.4, -0.2) is 44.4 Å². The molecule has 0 aliphatic rings. The molecule has 0 radical (unpaired) electrons. The van der Waals surface area contributed by atoms with Crippen LogP contribution in [0.15, 0.2) is 42.9 Å². The predicted molar refractivity (Wildman–Crippen MR) is 106 cm³/mol. The maximum Gasteiger partial charge on any atom is 0.241 e. The Kier molecular flexibility index (Phi) is 6.57. The molecule has 0 aliphatic carbocycles. The van der Waals surface area contributed by atoms with Gasteiger partial charge in [0, 0.05) is 18.8 Å². The molecule has 4 N–H and O–H groups in total. The van der Waals surface area contributed by atoms with E-state index in [0.29, 0.717) is 5.69 Å². The summed E-state index contributed by atoms with van der Waals surface area (Å²) in [4.78, 5) is 19.8. The summed E-state index contributed by atoms with van der Waals surface area (Å²) in [6.45, 7) is -0.288. The van der Waals surface area contributed by atoms with E-state index >= 15 is 0 Å². The van der Waals surface area contributed by atoms with Crippen LogP contribution in [0.4, 0.5) is 21.8 Å². The van der Waals surface area contributed by atoms with Gasteiger partial charge in [0.05, 0.1) is 30.7 Å². The number of carbonyl (C=O) groups is 1. The highest BCUT2D eigenvalue weighted by Crippen LogP contribution is 2.26.